The summed E-state index contributed by atoms with van der Waals surface area (Å²) in [6.07, 6.45) is 3.18. The van der Waals surface area contributed by atoms with Gasteiger partial charge in [0.15, 0.2) is 10.3 Å². The van der Waals surface area contributed by atoms with Gasteiger partial charge in [-0.15, -0.1) is 22.7 Å². The molecule has 0 aromatic carbocycles. The highest BCUT2D eigenvalue weighted by Crippen LogP contribution is 2.13. The molecule has 0 saturated heterocycles. The molecule has 3 heterocycles. The van der Waals surface area contributed by atoms with Crippen molar-refractivity contribution >= 4 is 44.8 Å². The minimum atomic E-state index is -0.418. The van der Waals surface area contributed by atoms with Crippen molar-refractivity contribution in [2.45, 2.75) is 0 Å². The number of hydrogen-bond donors (Lipinski definition) is 2. The topological polar surface area (TPSA) is 96.9 Å². The number of amides is 2. The van der Waals surface area contributed by atoms with Crippen LogP contribution >= 0.6 is 22.7 Å². The van der Waals surface area contributed by atoms with Crippen LogP contribution in [0.2, 0.25) is 0 Å². The number of carbonyl (C=O) groups excluding carboxylic acids is 2. The van der Waals surface area contributed by atoms with E-state index in [0.717, 1.165) is 0 Å². The molecule has 0 bridgehead atoms. The summed E-state index contributed by atoms with van der Waals surface area (Å²) in [5, 5.41) is 9.68. The van der Waals surface area contributed by atoms with Gasteiger partial charge in [0, 0.05) is 23.2 Å². The van der Waals surface area contributed by atoms with Crippen molar-refractivity contribution < 1.29 is 9.59 Å². The van der Waals surface area contributed by atoms with Crippen molar-refractivity contribution in [3.05, 3.63) is 52.7 Å². The second-order valence-electron chi connectivity index (χ2n) is 3.99. The molecular weight excluding hydrogens is 322 g/mol. The molecule has 7 nitrogen and oxygen atoms in total. The van der Waals surface area contributed by atoms with Crippen LogP contribution in [-0.4, -0.2) is 26.8 Å². The summed E-state index contributed by atoms with van der Waals surface area (Å²) < 4.78 is 0. The van der Waals surface area contributed by atoms with Crippen LogP contribution in [0.25, 0.3) is 0 Å². The highest BCUT2D eigenvalue weighted by atomic mass is 32.1. The molecule has 0 aliphatic rings. The zero-order chi connectivity index (χ0) is 15.4. The van der Waals surface area contributed by atoms with E-state index in [2.05, 4.69) is 25.6 Å². The van der Waals surface area contributed by atoms with Crippen LogP contribution < -0.4 is 10.6 Å². The monoisotopic (exact) mass is 331 g/mol. The van der Waals surface area contributed by atoms with E-state index in [1.54, 1.807) is 29.2 Å². The minimum absolute atomic E-state index is 0.141. The lowest BCUT2D eigenvalue weighted by atomic mass is 10.3. The van der Waals surface area contributed by atoms with Crippen molar-refractivity contribution in [2.75, 3.05) is 10.6 Å². The normalized spacial score (nSPS) is 10.2. The minimum Gasteiger partial charge on any atom is -0.296 e. The summed E-state index contributed by atoms with van der Waals surface area (Å²) >= 11 is 2.60. The predicted molar refractivity (Wildman–Crippen MR) is 84.4 cm³/mol. The average molecular weight is 331 g/mol. The zero-order valence-corrected chi connectivity index (χ0v) is 12.6. The predicted octanol–water partition coefficient (Wildman–Crippen LogP) is 2.50. The Labute approximate surface area is 133 Å². The van der Waals surface area contributed by atoms with E-state index >= 15 is 0 Å². The Morgan fingerprint density at radius 3 is 1.77 bits per heavy atom. The SMILES string of the molecule is O=C(Nc1nccs1)c1cccc(C(=O)Nc2nccs2)n1. The lowest BCUT2D eigenvalue weighted by Crippen LogP contribution is -2.18. The fourth-order valence-corrected chi connectivity index (χ4v) is 2.63. The van der Waals surface area contributed by atoms with Gasteiger partial charge in [-0.25, -0.2) is 15.0 Å². The molecule has 0 saturated carbocycles. The van der Waals surface area contributed by atoms with E-state index in [1.807, 2.05) is 0 Å². The fourth-order valence-electron chi connectivity index (χ4n) is 1.58. The lowest BCUT2D eigenvalue weighted by molar-refractivity contribution is 0.101. The van der Waals surface area contributed by atoms with Crippen molar-refractivity contribution in [2.24, 2.45) is 0 Å². The number of hydrogen-bond acceptors (Lipinski definition) is 7. The molecule has 2 amide bonds. The van der Waals surface area contributed by atoms with Gasteiger partial charge >= 0.3 is 0 Å². The number of rotatable bonds is 4. The van der Waals surface area contributed by atoms with Crippen molar-refractivity contribution in [3.8, 4) is 0 Å². The number of carbonyl (C=O) groups is 2. The Bertz CT molecular complexity index is 723. The molecule has 0 atom stereocenters. The molecule has 110 valence electrons. The first-order valence-corrected chi connectivity index (χ1v) is 7.87. The molecule has 3 aromatic heterocycles. The maximum atomic E-state index is 12.1. The number of thiazole rings is 2. The van der Waals surface area contributed by atoms with Gasteiger partial charge in [0.1, 0.15) is 11.4 Å². The van der Waals surface area contributed by atoms with E-state index < -0.39 is 11.8 Å². The molecule has 3 aromatic rings. The van der Waals surface area contributed by atoms with E-state index in [1.165, 1.54) is 34.8 Å². The third-order valence-corrected chi connectivity index (χ3v) is 3.90. The third-order valence-electron chi connectivity index (χ3n) is 2.52. The van der Waals surface area contributed by atoms with Gasteiger partial charge in [0.25, 0.3) is 11.8 Å². The van der Waals surface area contributed by atoms with E-state index in [9.17, 15) is 9.59 Å². The molecule has 0 aliphatic heterocycles. The second-order valence-corrected chi connectivity index (χ2v) is 5.78. The van der Waals surface area contributed by atoms with Gasteiger partial charge in [0.05, 0.1) is 0 Å². The lowest BCUT2D eigenvalue weighted by Gasteiger charge is -2.04. The van der Waals surface area contributed by atoms with Gasteiger partial charge < -0.3 is 0 Å². The van der Waals surface area contributed by atoms with Gasteiger partial charge in [-0.05, 0) is 12.1 Å². The maximum absolute atomic E-state index is 12.1. The summed E-state index contributed by atoms with van der Waals surface area (Å²) in [5.74, 6) is -0.835. The molecule has 22 heavy (non-hydrogen) atoms. The Morgan fingerprint density at radius 1 is 0.864 bits per heavy atom. The van der Waals surface area contributed by atoms with Crippen LogP contribution in [0.4, 0.5) is 10.3 Å². The van der Waals surface area contributed by atoms with Crippen molar-refractivity contribution in [1.29, 1.82) is 0 Å². The summed E-state index contributed by atoms with van der Waals surface area (Å²) in [6.45, 7) is 0. The van der Waals surface area contributed by atoms with Crippen LogP contribution in [0.3, 0.4) is 0 Å². The van der Waals surface area contributed by atoms with Crippen LogP contribution in [0.5, 0.6) is 0 Å². The summed E-state index contributed by atoms with van der Waals surface area (Å²) in [4.78, 5) is 36.1. The fraction of sp³-hybridized carbons (Fsp3) is 0. The molecule has 3 rings (SSSR count). The van der Waals surface area contributed by atoms with Gasteiger partial charge in [-0.3, -0.25) is 20.2 Å². The van der Waals surface area contributed by atoms with Gasteiger partial charge in [-0.1, -0.05) is 6.07 Å². The smallest absolute Gasteiger partial charge is 0.276 e. The van der Waals surface area contributed by atoms with Crippen molar-refractivity contribution in [1.82, 2.24) is 15.0 Å². The van der Waals surface area contributed by atoms with Crippen LogP contribution in [0, 0.1) is 0 Å². The van der Waals surface area contributed by atoms with Crippen molar-refractivity contribution in [3.63, 3.8) is 0 Å². The number of nitrogens with zero attached hydrogens (tertiary/aromatic N) is 3. The molecule has 0 spiro atoms. The molecular formula is C13H9N5O2S2. The molecule has 2 N–H and O–H groups in total. The quantitative estimate of drug-likeness (QED) is 0.765. The summed E-state index contributed by atoms with van der Waals surface area (Å²) in [6, 6.07) is 4.66. The Hall–Kier alpha value is -2.65. The third kappa shape index (κ3) is 3.32. The molecule has 0 radical (unpaired) electrons. The zero-order valence-electron chi connectivity index (χ0n) is 11.0. The van der Waals surface area contributed by atoms with E-state index in [4.69, 9.17) is 0 Å². The highest BCUT2D eigenvalue weighted by Gasteiger charge is 2.14. The van der Waals surface area contributed by atoms with E-state index in [0.29, 0.717) is 10.3 Å². The average Bonchev–Trinajstić information content (AvgIpc) is 3.21. The van der Waals surface area contributed by atoms with Gasteiger partial charge in [0.2, 0.25) is 0 Å². The standard InChI is InChI=1S/C13H9N5O2S2/c19-10(17-12-14-4-6-21-12)8-2-1-3-9(16-8)11(20)18-13-15-5-7-22-13/h1-7H,(H,14,17,19)(H,15,18,20). The first kappa shape index (κ1) is 14.3. The first-order valence-electron chi connectivity index (χ1n) is 6.11. The van der Waals surface area contributed by atoms with Crippen LogP contribution in [0.1, 0.15) is 21.0 Å². The second kappa shape index (κ2) is 6.41. The summed E-state index contributed by atoms with van der Waals surface area (Å²) in [7, 11) is 0. The molecule has 0 unspecified atom stereocenters. The van der Waals surface area contributed by atoms with Crippen LogP contribution in [-0.2, 0) is 0 Å². The molecule has 0 fully saturated rings. The first-order chi connectivity index (χ1) is 10.7. The Morgan fingerprint density at radius 2 is 1.36 bits per heavy atom. The number of nitrogens with one attached hydrogen (secondary N) is 2. The summed E-state index contributed by atoms with van der Waals surface area (Å²) in [5.41, 5.74) is 0.281. The number of pyridine rings is 1. The molecule has 0 aliphatic carbocycles. The van der Waals surface area contributed by atoms with Gasteiger partial charge in [-0.2, -0.15) is 0 Å². The number of anilines is 2. The molecule has 9 heteroatoms. The van der Waals surface area contributed by atoms with Crippen LogP contribution in [0.15, 0.2) is 41.4 Å². The number of aromatic nitrogens is 3. The maximum Gasteiger partial charge on any atom is 0.276 e. The van der Waals surface area contributed by atoms with E-state index in [-0.39, 0.29) is 11.4 Å². The Balaban J connectivity index is 1.74. The Kier molecular flexibility index (Phi) is 4.17. The highest BCUT2D eigenvalue weighted by molar-refractivity contribution is 7.14. The largest absolute Gasteiger partial charge is 0.296 e.